The molecule has 24 heavy (non-hydrogen) atoms. The Bertz CT molecular complexity index is 589. The van der Waals surface area contributed by atoms with Crippen molar-refractivity contribution in [2.75, 3.05) is 33.7 Å². The minimum Gasteiger partial charge on any atom is -0.496 e. The zero-order valence-corrected chi connectivity index (χ0v) is 14.9. The number of hydrogen-bond donors (Lipinski definition) is 0. The molecule has 5 heteroatoms. The van der Waals surface area contributed by atoms with Gasteiger partial charge in [-0.25, -0.2) is 0 Å². The summed E-state index contributed by atoms with van der Waals surface area (Å²) in [6.45, 7) is 1.98. The molecule has 0 unspecified atom stereocenters. The van der Waals surface area contributed by atoms with Gasteiger partial charge in [-0.2, -0.15) is 0 Å². The second-order valence-corrected chi connectivity index (χ2v) is 4.54. The molecule has 0 aliphatic rings. The monoisotopic (exact) mass is 331 g/mol. The van der Waals surface area contributed by atoms with E-state index in [-0.39, 0.29) is 0 Å². The van der Waals surface area contributed by atoms with Crippen LogP contribution in [-0.4, -0.2) is 28.4 Å². The number of benzene rings is 1. The number of hydrogen-bond acceptors (Lipinski definition) is 5. The summed E-state index contributed by atoms with van der Waals surface area (Å²) >= 11 is 0. The van der Waals surface area contributed by atoms with Gasteiger partial charge in [0.05, 0.1) is 34.0 Å². The first kappa shape index (κ1) is 19.5. The van der Waals surface area contributed by atoms with Gasteiger partial charge in [-0.15, -0.1) is 5.23 Å². The van der Waals surface area contributed by atoms with E-state index in [0.717, 1.165) is 5.56 Å². The first-order chi connectivity index (χ1) is 11.7. The van der Waals surface area contributed by atoms with Crippen LogP contribution in [0.2, 0.25) is 0 Å². The van der Waals surface area contributed by atoms with E-state index in [1.165, 1.54) is 19.4 Å². The van der Waals surface area contributed by atoms with E-state index in [9.17, 15) is 0 Å². The molecular weight excluding hydrogens is 306 g/mol. The van der Waals surface area contributed by atoms with Gasteiger partial charge in [-0.3, -0.25) is 9.68 Å². The Morgan fingerprint density at radius 1 is 0.750 bits per heavy atom. The van der Waals surface area contributed by atoms with Crippen molar-refractivity contribution < 1.29 is 19.1 Å². The number of anilines is 1. The first-order valence-corrected chi connectivity index (χ1v) is 7.48. The van der Waals surface area contributed by atoms with Gasteiger partial charge in [0.1, 0.15) is 17.2 Å². The molecule has 0 aliphatic carbocycles. The van der Waals surface area contributed by atoms with Crippen LogP contribution in [0.1, 0.15) is 12.5 Å². The zero-order chi connectivity index (χ0) is 17.8. The van der Waals surface area contributed by atoms with Crippen molar-refractivity contribution in [3.8, 4) is 11.5 Å². The highest BCUT2D eigenvalue weighted by atomic mass is 16.9. The summed E-state index contributed by atoms with van der Waals surface area (Å²) in [4.78, 5) is 10.3. The Morgan fingerprint density at radius 2 is 1.25 bits per heavy atom. The molecule has 1 aromatic carbocycles. The molecule has 1 rings (SSSR count). The maximum Gasteiger partial charge on any atom is 0.132 e. The van der Waals surface area contributed by atoms with Crippen molar-refractivity contribution in [3.05, 3.63) is 60.2 Å². The standard InChI is InChI=1S/C19H25NO4/c1-6-7-8-9-10-11-12-13-17-18(21-2)14-16(15-19(17)22-3)20(23-4)24-5/h6-15H,1-5H3/b7-6+,9-8+,11-10+,13-12+. The number of ether oxygens (including phenoxy) is 2. The highest BCUT2D eigenvalue weighted by molar-refractivity contribution is 5.70. The smallest absolute Gasteiger partial charge is 0.132 e. The highest BCUT2D eigenvalue weighted by Gasteiger charge is 2.14. The van der Waals surface area contributed by atoms with Crippen LogP contribution in [0.4, 0.5) is 5.69 Å². The van der Waals surface area contributed by atoms with Crippen LogP contribution in [0.25, 0.3) is 6.08 Å². The Balaban J connectivity index is 3.09. The van der Waals surface area contributed by atoms with E-state index >= 15 is 0 Å². The van der Waals surface area contributed by atoms with E-state index in [2.05, 4.69) is 0 Å². The van der Waals surface area contributed by atoms with E-state index in [1.807, 2.05) is 67.7 Å². The van der Waals surface area contributed by atoms with Crippen molar-refractivity contribution in [2.45, 2.75) is 6.92 Å². The summed E-state index contributed by atoms with van der Waals surface area (Å²) in [5.74, 6) is 1.30. The molecule has 0 bridgehead atoms. The number of methoxy groups -OCH3 is 2. The van der Waals surface area contributed by atoms with Crippen molar-refractivity contribution in [1.82, 2.24) is 0 Å². The molecule has 0 aromatic heterocycles. The lowest BCUT2D eigenvalue weighted by atomic mass is 10.1. The van der Waals surface area contributed by atoms with Crippen LogP contribution < -0.4 is 14.7 Å². The second kappa shape index (κ2) is 11.1. The van der Waals surface area contributed by atoms with Gasteiger partial charge >= 0.3 is 0 Å². The lowest BCUT2D eigenvalue weighted by Crippen LogP contribution is -2.19. The Morgan fingerprint density at radius 3 is 1.71 bits per heavy atom. The third-order valence-corrected chi connectivity index (χ3v) is 3.08. The Labute approximate surface area is 144 Å². The number of nitrogens with zero attached hydrogens (tertiary/aromatic N) is 1. The average Bonchev–Trinajstić information content (AvgIpc) is 2.62. The third kappa shape index (κ3) is 5.61. The SMILES string of the molecule is C/C=C/C=C/C=C/C=C/c1c(OC)cc(N(OC)OC)cc1OC. The molecule has 0 atom stereocenters. The molecule has 0 saturated carbocycles. The van der Waals surface area contributed by atoms with Crippen molar-refractivity contribution >= 4 is 11.8 Å². The topological polar surface area (TPSA) is 40.2 Å². The summed E-state index contributed by atoms with van der Waals surface area (Å²) in [6, 6.07) is 3.62. The maximum absolute atomic E-state index is 5.46. The summed E-state index contributed by atoms with van der Waals surface area (Å²) in [7, 11) is 6.25. The van der Waals surface area contributed by atoms with Crippen LogP contribution in [0, 0.1) is 0 Å². The largest absolute Gasteiger partial charge is 0.496 e. The highest BCUT2D eigenvalue weighted by Crippen LogP contribution is 2.35. The summed E-state index contributed by atoms with van der Waals surface area (Å²) in [5.41, 5.74) is 1.49. The quantitative estimate of drug-likeness (QED) is 0.497. The second-order valence-electron chi connectivity index (χ2n) is 4.54. The van der Waals surface area contributed by atoms with E-state index in [4.69, 9.17) is 19.1 Å². The van der Waals surface area contributed by atoms with Gasteiger partial charge in [0, 0.05) is 12.1 Å². The average molecular weight is 331 g/mol. The van der Waals surface area contributed by atoms with E-state index < -0.39 is 0 Å². The molecule has 0 heterocycles. The van der Waals surface area contributed by atoms with Crippen LogP contribution in [0.15, 0.2) is 54.7 Å². The van der Waals surface area contributed by atoms with Crippen LogP contribution in [0.3, 0.4) is 0 Å². The summed E-state index contributed by atoms with van der Waals surface area (Å²) in [6.07, 6.45) is 15.6. The molecule has 0 saturated heterocycles. The third-order valence-electron chi connectivity index (χ3n) is 3.08. The van der Waals surface area contributed by atoms with Crippen molar-refractivity contribution in [2.24, 2.45) is 0 Å². The summed E-state index contributed by atoms with van der Waals surface area (Å²) < 4.78 is 10.9. The summed E-state index contributed by atoms with van der Waals surface area (Å²) in [5, 5.41) is 1.27. The molecule has 0 N–H and O–H groups in total. The minimum absolute atomic E-state index is 0.651. The van der Waals surface area contributed by atoms with Crippen LogP contribution >= 0.6 is 0 Å². The van der Waals surface area contributed by atoms with Crippen molar-refractivity contribution in [1.29, 1.82) is 0 Å². The first-order valence-electron chi connectivity index (χ1n) is 7.48. The molecule has 0 spiro atoms. The fourth-order valence-electron chi connectivity index (χ4n) is 2.00. The molecule has 0 aliphatic heterocycles. The molecule has 5 nitrogen and oxygen atoms in total. The minimum atomic E-state index is 0.651. The fourth-order valence-corrected chi connectivity index (χ4v) is 2.00. The van der Waals surface area contributed by atoms with Crippen molar-refractivity contribution in [3.63, 3.8) is 0 Å². The Hall–Kier alpha value is -2.50. The molecule has 0 radical (unpaired) electrons. The molecule has 0 amide bonds. The maximum atomic E-state index is 5.46. The van der Waals surface area contributed by atoms with Gasteiger partial charge in [-0.05, 0) is 13.0 Å². The van der Waals surface area contributed by atoms with E-state index in [1.54, 1.807) is 14.2 Å². The Kier molecular flexibility index (Phi) is 9.04. The van der Waals surface area contributed by atoms with Gasteiger partial charge in [-0.1, -0.05) is 42.5 Å². The van der Waals surface area contributed by atoms with Crippen LogP contribution in [0.5, 0.6) is 11.5 Å². The normalized spacial score (nSPS) is 12.0. The molecule has 1 aromatic rings. The molecular formula is C19H25NO4. The van der Waals surface area contributed by atoms with Gasteiger partial charge < -0.3 is 9.47 Å². The predicted molar refractivity (Wildman–Crippen MR) is 98.2 cm³/mol. The predicted octanol–water partition coefficient (Wildman–Crippen LogP) is 4.33. The lowest BCUT2D eigenvalue weighted by molar-refractivity contribution is -0.0434. The zero-order valence-electron chi connectivity index (χ0n) is 14.9. The molecule has 130 valence electrons. The van der Waals surface area contributed by atoms with Gasteiger partial charge in [0.25, 0.3) is 0 Å². The number of allylic oxidation sites excluding steroid dienone is 7. The van der Waals surface area contributed by atoms with Gasteiger partial charge in [0.2, 0.25) is 0 Å². The van der Waals surface area contributed by atoms with E-state index in [0.29, 0.717) is 17.2 Å². The fraction of sp³-hybridized carbons (Fsp3) is 0.263. The lowest BCUT2D eigenvalue weighted by Gasteiger charge is -2.20. The number of rotatable bonds is 9. The van der Waals surface area contributed by atoms with Gasteiger partial charge in [0.15, 0.2) is 0 Å². The molecule has 0 fully saturated rings. The van der Waals surface area contributed by atoms with Crippen LogP contribution in [-0.2, 0) is 9.68 Å².